The molecular formula is C15H12N4O2. The molecule has 0 atom stereocenters. The van der Waals surface area contributed by atoms with Crippen LogP contribution in [0.3, 0.4) is 0 Å². The van der Waals surface area contributed by atoms with E-state index in [0.29, 0.717) is 17.1 Å². The molecule has 0 unspecified atom stereocenters. The van der Waals surface area contributed by atoms with Gasteiger partial charge in [-0.05, 0) is 36.8 Å². The van der Waals surface area contributed by atoms with Gasteiger partial charge in [0.2, 0.25) is 6.08 Å². The zero-order valence-corrected chi connectivity index (χ0v) is 11.6. The number of methoxy groups -OCH3 is 1. The number of aliphatic imine (C=N–C) groups is 1. The first-order valence-electron chi connectivity index (χ1n) is 6.32. The Kier molecular flexibility index (Phi) is 3.22. The molecule has 0 N–H and O–H groups in total. The topological polar surface area (TPSA) is 69.4 Å². The van der Waals surface area contributed by atoms with Gasteiger partial charge in [0.1, 0.15) is 22.4 Å². The third-order valence-electron chi connectivity index (χ3n) is 3.07. The first kappa shape index (κ1) is 13.0. The highest BCUT2D eigenvalue weighted by molar-refractivity contribution is 5.74. The minimum absolute atomic E-state index is 0.406. The number of nitrogens with zero attached hydrogens (tertiary/aromatic N) is 4. The Labute approximate surface area is 120 Å². The molecule has 0 bridgehead atoms. The van der Waals surface area contributed by atoms with Crippen LogP contribution in [0.2, 0.25) is 0 Å². The van der Waals surface area contributed by atoms with Gasteiger partial charge in [-0.2, -0.15) is 4.99 Å². The van der Waals surface area contributed by atoms with Gasteiger partial charge in [0.25, 0.3) is 0 Å². The lowest BCUT2D eigenvalue weighted by atomic mass is 10.2. The molecule has 3 aromatic rings. The molecule has 0 amide bonds. The third-order valence-corrected chi connectivity index (χ3v) is 3.07. The van der Waals surface area contributed by atoms with Gasteiger partial charge in [-0.3, -0.25) is 0 Å². The molecule has 1 heterocycles. The summed E-state index contributed by atoms with van der Waals surface area (Å²) in [5, 5.41) is 8.84. The molecule has 0 spiro atoms. The molecular weight excluding hydrogens is 268 g/mol. The van der Waals surface area contributed by atoms with E-state index >= 15 is 0 Å². The van der Waals surface area contributed by atoms with Crippen molar-refractivity contribution in [1.82, 2.24) is 15.0 Å². The number of carbonyl (C=O) groups excluding carboxylic acids is 1. The highest BCUT2D eigenvalue weighted by Crippen LogP contribution is 2.34. The van der Waals surface area contributed by atoms with Crippen LogP contribution in [-0.2, 0) is 4.79 Å². The van der Waals surface area contributed by atoms with Crippen molar-refractivity contribution in [2.45, 2.75) is 6.92 Å². The van der Waals surface area contributed by atoms with Crippen molar-refractivity contribution < 1.29 is 9.53 Å². The van der Waals surface area contributed by atoms with Crippen molar-refractivity contribution in [1.29, 1.82) is 0 Å². The quantitative estimate of drug-likeness (QED) is 0.546. The molecule has 2 aromatic carbocycles. The van der Waals surface area contributed by atoms with E-state index in [9.17, 15) is 4.79 Å². The lowest BCUT2D eigenvalue weighted by Gasteiger charge is -2.10. The van der Waals surface area contributed by atoms with Crippen molar-refractivity contribution in [3.8, 4) is 11.4 Å². The molecule has 0 radical (unpaired) electrons. The molecule has 104 valence electrons. The maximum atomic E-state index is 10.6. The third kappa shape index (κ3) is 2.28. The van der Waals surface area contributed by atoms with Crippen LogP contribution in [-0.4, -0.2) is 28.2 Å². The highest BCUT2D eigenvalue weighted by atomic mass is 16.5. The Hall–Kier alpha value is -2.98. The van der Waals surface area contributed by atoms with Crippen LogP contribution in [0, 0.1) is 6.92 Å². The number of rotatable bonds is 3. The standard InChI is InChI=1S/C15H12N4O2/c1-10-7-13(16-9-20)15(21-2)14(8-10)19-17-11-5-3-4-6-12(11)18-19/h3-8H,1-2H3. The van der Waals surface area contributed by atoms with E-state index in [0.717, 1.165) is 16.6 Å². The fraction of sp³-hybridized carbons (Fsp3) is 0.133. The predicted molar refractivity (Wildman–Crippen MR) is 77.9 cm³/mol. The van der Waals surface area contributed by atoms with Crippen LogP contribution >= 0.6 is 0 Å². The van der Waals surface area contributed by atoms with E-state index in [1.165, 1.54) is 18.0 Å². The van der Waals surface area contributed by atoms with Gasteiger partial charge >= 0.3 is 0 Å². The van der Waals surface area contributed by atoms with Crippen LogP contribution in [0.25, 0.3) is 16.7 Å². The smallest absolute Gasteiger partial charge is 0.240 e. The maximum absolute atomic E-state index is 10.6. The monoisotopic (exact) mass is 280 g/mol. The molecule has 0 aliphatic carbocycles. The van der Waals surface area contributed by atoms with Crippen molar-refractivity contribution >= 4 is 22.8 Å². The van der Waals surface area contributed by atoms with Crippen LogP contribution in [0.15, 0.2) is 41.4 Å². The van der Waals surface area contributed by atoms with Crippen LogP contribution in [0.5, 0.6) is 5.75 Å². The summed E-state index contributed by atoms with van der Waals surface area (Å²) in [6.07, 6.45) is 1.54. The van der Waals surface area contributed by atoms with E-state index in [1.54, 1.807) is 6.07 Å². The lowest BCUT2D eigenvalue weighted by Crippen LogP contribution is -2.02. The molecule has 0 aliphatic heterocycles. The molecule has 21 heavy (non-hydrogen) atoms. The minimum atomic E-state index is 0.406. The van der Waals surface area contributed by atoms with Gasteiger partial charge in [-0.25, -0.2) is 4.79 Å². The Morgan fingerprint density at radius 1 is 1.19 bits per heavy atom. The molecule has 0 saturated carbocycles. The van der Waals surface area contributed by atoms with Gasteiger partial charge < -0.3 is 4.74 Å². The summed E-state index contributed by atoms with van der Waals surface area (Å²) >= 11 is 0. The first-order valence-corrected chi connectivity index (χ1v) is 6.32. The van der Waals surface area contributed by atoms with Crippen LogP contribution in [0.4, 0.5) is 5.69 Å². The number of ether oxygens (including phenoxy) is 1. The fourth-order valence-corrected chi connectivity index (χ4v) is 2.19. The number of fused-ring (bicyclic) bond motifs is 1. The van der Waals surface area contributed by atoms with Gasteiger partial charge in [0.05, 0.1) is 7.11 Å². The van der Waals surface area contributed by atoms with E-state index in [1.807, 2.05) is 37.3 Å². The minimum Gasteiger partial charge on any atom is -0.492 e. The SMILES string of the molecule is COc1c(N=C=O)cc(C)cc1-n1nc2ccccc2n1. The number of aryl methyl sites for hydroxylation is 1. The van der Waals surface area contributed by atoms with Crippen molar-refractivity contribution in [2.24, 2.45) is 4.99 Å². The Bertz CT molecular complexity index is 830. The fourth-order valence-electron chi connectivity index (χ4n) is 2.19. The average molecular weight is 280 g/mol. The summed E-state index contributed by atoms with van der Waals surface area (Å²) in [6, 6.07) is 11.2. The second-order valence-electron chi connectivity index (χ2n) is 4.52. The summed E-state index contributed by atoms with van der Waals surface area (Å²) in [7, 11) is 1.52. The van der Waals surface area contributed by atoms with Crippen molar-refractivity contribution in [3.05, 3.63) is 42.0 Å². The Morgan fingerprint density at radius 2 is 1.86 bits per heavy atom. The zero-order chi connectivity index (χ0) is 14.8. The van der Waals surface area contributed by atoms with Crippen LogP contribution in [0.1, 0.15) is 5.56 Å². The normalized spacial score (nSPS) is 10.4. The number of hydrogen-bond acceptors (Lipinski definition) is 5. The molecule has 3 rings (SSSR count). The van der Waals surface area contributed by atoms with E-state index in [4.69, 9.17) is 4.74 Å². The second-order valence-corrected chi connectivity index (χ2v) is 4.52. The Morgan fingerprint density at radius 3 is 2.43 bits per heavy atom. The highest BCUT2D eigenvalue weighted by Gasteiger charge is 2.14. The summed E-state index contributed by atoms with van der Waals surface area (Å²) < 4.78 is 5.36. The zero-order valence-electron chi connectivity index (χ0n) is 11.6. The van der Waals surface area contributed by atoms with Crippen molar-refractivity contribution in [2.75, 3.05) is 7.11 Å². The Balaban J connectivity index is 2.27. The molecule has 0 fully saturated rings. The second kappa shape index (κ2) is 5.19. The first-order chi connectivity index (χ1) is 10.2. The molecule has 0 saturated heterocycles. The number of benzene rings is 2. The molecule has 6 heteroatoms. The number of hydrogen-bond donors (Lipinski definition) is 0. The summed E-state index contributed by atoms with van der Waals surface area (Å²) in [5.74, 6) is 0.434. The van der Waals surface area contributed by atoms with Gasteiger partial charge in [0, 0.05) is 0 Å². The average Bonchev–Trinajstić information content (AvgIpc) is 2.91. The maximum Gasteiger partial charge on any atom is 0.240 e. The molecule has 1 aromatic heterocycles. The van der Waals surface area contributed by atoms with Gasteiger partial charge in [0.15, 0.2) is 5.75 Å². The van der Waals surface area contributed by atoms with Gasteiger partial charge in [-0.1, -0.05) is 12.1 Å². The number of aromatic nitrogens is 3. The molecule has 0 aliphatic rings. The summed E-state index contributed by atoms with van der Waals surface area (Å²) in [5.41, 5.74) is 3.51. The van der Waals surface area contributed by atoms with Gasteiger partial charge in [-0.15, -0.1) is 15.0 Å². The summed E-state index contributed by atoms with van der Waals surface area (Å²) in [6.45, 7) is 1.90. The molecule has 6 nitrogen and oxygen atoms in total. The largest absolute Gasteiger partial charge is 0.492 e. The van der Waals surface area contributed by atoms with E-state index < -0.39 is 0 Å². The lowest BCUT2D eigenvalue weighted by molar-refractivity contribution is 0.411. The van der Waals surface area contributed by atoms with Crippen molar-refractivity contribution in [3.63, 3.8) is 0 Å². The van der Waals surface area contributed by atoms with E-state index in [2.05, 4.69) is 15.2 Å². The predicted octanol–water partition coefficient (Wildman–Crippen LogP) is 2.70. The summed E-state index contributed by atoms with van der Waals surface area (Å²) in [4.78, 5) is 15.7. The number of isocyanates is 1. The van der Waals surface area contributed by atoms with Crippen LogP contribution < -0.4 is 4.74 Å². The van der Waals surface area contributed by atoms with E-state index in [-0.39, 0.29) is 0 Å².